The Hall–Kier alpha value is -1.52. The molecule has 0 spiro atoms. The van der Waals surface area contributed by atoms with Crippen LogP contribution in [0.4, 0.5) is 13.2 Å². The molecule has 0 saturated heterocycles. The molecule has 26 heavy (non-hydrogen) atoms. The number of ketones is 1. The van der Waals surface area contributed by atoms with E-state index in [4.69, 9.17) is 4.74 Å². The molecular formula is C21H29F3O2. The number of halogens is 3. The minimum Gasteiger partial charge on any atom is -0.493 e. The van der Waals surface area contributed by atoms with Crippen LogP contribution >= 0.6 is 0 Å². The van der Waals surface area contributed by atoms with Crippen LogP contribution in [0.15, 0.2) is 12.1 Å². The molecule has 146 valence electrons. The SMILES string of the molecule is CCCC1CCC(CC(=O)c2ccc(OCC)c(C(F)(F)F)c2C)CC1. The van der Waals surface area contributed by atoms with Gasteiger partial charge in [0.2, 0.25) is 0 Å². The highest BCUT2D eigenvalue weighted by molar-refractivity contribution is 5.98. The average molecular weight is 370 g/mol. The lowest BCUT2D eigenvalue weighted by Crippen LogP contribution is -2.19. The van der Waals surface area contributed by atoms with E-state index in [1.807, 2.05) is 0 Å². The van der Waals surface area contributed by atoms with Crippen LogP contribution in [0, 0.1) is 18.8 Å². The molecule has 2 nitrogen and oxygen atoms in total. The van der Waals surface area contributed by atoms with E-state index < -0.39 is 11.7 Å². The average Bonchev–Trinajstić information content (AvgIpc) is 2.56. The number of Topliss-reactive ketones (excluding diaryl/α,β-unsaturated/α-hetero) is 1. The molecule has 0 N–H and O–H groups in total. The molecule has 1 aliphatic rings. The molecule has 5 heteroatoms. The van der Waals surface area contributed by atoms with Gasteiger partial charge >= 0.3 is 6.18 Å². The Kier molecular flexibility index (Phi) is 7.13. The van der Waals surface area contributed by atoms with Crippen molar-refractivity contribution in [3.8, 4) is 5.75 Å². The van der Waals surface area contributed by atoms with Gasteiger partial charge in [0.1, 0.15) is 11.3 Å². The molecule has 0 unspecified atom stereocenters. The van der Waals surface area contributed by atoms with E-state index in [1.165, 1.54) is 31.9 Å². The zero-order valence-corrected chi connectivity index (χ0v) is 15.9. The van der Waals surface area contributed by atoms with Gasteiger partial charge in [0.25, 0.3) is 0 Å². The maximum absolute atomic E-state index is 13.5. The lowest BCUT2D eigenvalue weighted by Gasteiger charge is -2.28. The largest absolute Gasteiger partial charge is 0.493 e. The highest BCUT2D eigenvalue weighted by atomic mass is 19.4. The molecule has 0 heterocycles. The van der Waals surface area contributed by atoms with E-state index in [-0.39, 0.29) is 35.2 Å². The van der Waals surface area contributed by atoms with Gasteiger partial charge in [-0.3, -0.25) is 4.79 Å². The van der Waals surface area contributed by atoms with E-state index in [0.717, 1.165) is 31.6 Å². The summed E-state index contributed by atoms with van der Waals surface area (Å²) >= 11 is 0. The molecule has 1 saturated carbocycles. The van der Waals surface area contributed by atoms with Crippen LogP contribution in [0.2, 0.25) is 0 Å². The fourth-order valence-corrected chi connectivity index (χ4v) is 4.12. The summed E-state index contributed by atoms with van der Waals surface area (Å²) in [6.07, 6.45) is 2.46. The van der Waals surface area contributed by atoms with Crippen LogP contribution in [0.1, 0.15) is 80.3 Å². The van der Waals surface area contributed by atoms with E-state index in [0.29, 0.717) is 6.42 Å². The molecule has 1 fully saturated rings. The second-order valence-electron chi connectivity index (χ2n) is 7.34. The van der Waals surface area contributed by atoms with E-state index in [1.54, 1.807) is 6.92 Å². The zero-order chi connectivity index (χ0) is 19.3. The molecule has 2 rings (SSSR count). The van der Waals surface area contributed by atoms with Gasteiger partial charge in [0.05, 0.1) is 6.61 Å². The number of carbonyl (C=O) groups excluding carboxylic acids is 1. The Labute approximate surface area is 154 Å². The lowest BCUT2D eigenvalue weighted by molar-refractivity contribution is -0.139. The lowest BCUT2D eigenvalue weighted by atomic mass is 9.77. The summed E-state index contributed by atoms with van der Waals surface area (Å²) in [6.45, 7) is 5.35. The van der Waals surface area contributed by atoms with Gasteiger partial charge in [-0.2, -0.15) is 13.2 Å². The third kappa shape index (κ3) is 5.01. The Morgan fingerprint density at radius 2 is 1.73 bits per heavy atom. The van der Waals surface area contributed by atoms with Gasteiger partial charge in [-0.25, -0.2) is 0 Å². The molecule has 1 aromatic rings. The molecule has 1 aromatic carbocycles. The van der Waals surface area contributed by atoms with Crippen LogP contribution in [0.5, 0.6) is 5.75 Å². The van der Waals surface area contributed by atoms with Crippen molar-refractivity contribution in [1.82, 2.24) is 0 Å². The first-order valence-corrected chi connectivity index (χ1v) is 9.64. The van der Waals surface area contributed by atoms with Crippen molar-refractivity contribution in [2.45, 2.75) is 71.9 Å². The number of hydrogen-bond acceptors (Lipinski definition) is 2. The van der Waals surface area contributed by atoms with Crippen molar-refractivity contribution >= 4 is 5.78 Å². The number of carbonyl (C=O) groups is 1. The molecule has 1 aliphatic carbocycles. The van der Waals surface area contributed by atoms with Crippen LogP contribution < -0.4 is 4.74 Å². The maximum Gasteiger partial charge on any atom is 0.420 e. The second-order valence-corrected chi connectivity index (χ2v) is 7.34. The van der Waals surface area contributed by atoms with Gasteiger partial charge in [-0.1, -0.05) is 32.6 Å². The number of benzene rings is 1. The predicted molar refractivity (Wildman–Crippen MR) is 96.7 cm³/mol. The molecule has 0 bridgehead atoms. The molecule has 0 amide bonds. The Morgan fingerprint density at radius 3 is 2.27 bits per heavy atom. The summed E-state index contributed by atoms with van der Waals surface area (Å²) in [5.41, 5.74) is -0.665. The smallest absolute Gasteiger partial charge is 0.420 e. The van der Waals surface area contributed by atoms with Gasteiger partial charge in [-0.15, -0.1) is 0 Å². The summed E-state index contributed by atoms with van der Waals surface area (Å²) in [5, 5.41) is 0. The minimum atomic E-state index is -4.54. The first kappa shape index (κ1) is 20.8. The normalized spacial score (nSPS) is 20.8. The van der Waals surface area contributed by atoms with Crippen molar-refractivity contribution in [3.05, 3.63) is 28.8 Å². The van der Waals surface area contributed by atoms with Crippen LogP contribution in [0.25, 0.3) is 0 Å². The molecular weight excluding hydrogens is 341 g/mol. The van der Waals surface area contributed by atoms with Gasteiger partial charge in [0.15, 0.2) is 5.78 Å². The van der Waals surface area contributed by atoms with Crippen LogP contribution in [-0.2, 0) is 6.18 Å². The number of hydrogen-bond donors (Lipinski definition) is 0. The van der Waals surface area contributed by atoms with E-state index in [9.17, 15) is 18.0 Å². The predicted octanol–water partition coefficient (Wildman–Crippen LogP) is 6.59. The molecule has 0 aromatic heterocycles. The highest BCUT2D eigenvalue weighted by Gasteiger charge is 2.38. The third-order valence-electron chi connectivity index (χ3n) is 5.45. The van der Waals surface area contributed by atoms with Crippen molar-refractivity contribution in [3.63, 3.8) is 0 Å². The fraction of sp³-hybridized carbons (Fsp3) is 0.667. The number of rotatable bonds is 7. The molecule has 0 radical (unpaired) electrons. The summed E-state index contributed by atoms with van der Waals surface area (Å²) in [5.74, 6) is 0.649. The summed E-state index contributed by atoms with van der Waals surface area (Å²) in [7, 11) is 0. The Morgan fingerprint density at radius 1 is 1.12 bits per heavy atom. The molecule has 0 atom stereocenters. The second kappa shape index (κ2) is 8.92. The van der Waals surface area contributed by atoms with Gasteiger partial charge < -0.3 is 4.74 Å². The van der Waals surface area contributed by atoms with Crippen molar-refractivity contribution in [2.24, 2.45) is 11.8 Å². The number of alkyl halides is 3. The third-order valence-corrected chi connectivity index (χ3v) is 5.45. The van der Waals surface area contributed by atoms with Crippen LogP contribution in [0.3, 0.4) is 0 Å². The Bertz CT molecular complexity index is 614. The first-order chi connectivity index (χ1) is 12.3. The van der Waals surface area contributed by atoms with Crippen molar-refractivity contribution in [2.75, 3.05) is 6.61 Å². The monoisotopic (exact) mass is 370 g/mol. The quantitative estimate of drug-likeness (QED) is 0.506. The number of ether oxygens (including phenoxy) is 1. The summed E-state index contributed by atoms with van der Waals surface area (Å²) in [4.78, 5) is 12.7. The topological polar surface area (TPSA) is 26.3 Å². The zero-order valence-electron chi connectivity index (χ0n) is 15.9. The highest BCUT2D eigenvalue weighted by Crippen LogP contribution is 2.41. The van der Waals surface area contributed by atoms with Crippen LogP contribution in [-0.4, -0.2) is 12.4 Å². The maximum atomic E-state index is 13.5. The van der Waals surface area contributed by atoms with E-state index >= 15 is 0 Å². The van der Waals surface area contributed by atoms with Crippen molar-refractivity contribution in [1.29, 1.82) is 0 Å². The van der Waals surface area contributed by atoms with Crippen molar-refractivity contribution < 1.29 is 22.7 Å². The Balaban J connectivity index is 2.14. The fourth-order valence-electron chi connectivity index (χ4n) is 4.12. The minimum absolute atomic E-state index is 0.0203. The van der Waals surface area contributed by atoms with Gasteiger partial charge in [-0.05, 0) is 56.2 Å². The van der Waals surface area contributed by atoms with E-state index in [2.05, 4.69) is 6.92 Å². The van der Waals surface area contributed by atoms with Gasteiger partial charge in [0, 0.05) is 12.0 Å². The molecule has 0 aliphatic heterocycles. The summed E-state index contributed by atoms with van der Waals surface area (Å²) < 4.78 is 45.5. The standard InChI is InChI=1S/C21H29F3O2/c1-4-6-15-7-9-16(10-8-15)13-18(25)17-11-12-19(26-5-2)20(14(17)3)21(22,23)24/h11-12,15-16H,4-10,13H2,1-3H3. The summed E-state index contributed by atoms with van der Waals surface area (Å²) in [6, 6.07) is 2.77. The first-order valence-electron chi connectivity index (χ1n) is 9.64.